The third kappa shape index (κ3) is 9.39. The van der Waals surface area contributed by atoms with Gasteiger partial charge in [-0.3, -0.25) is 29.9 Å². The largest absolute Gasteiger partial charge is 0.463 e. The highest BCUT2D eigenvalue weighted by Gasteiger charge is 2.42. The Hall–Kier alpha value is -6.00. The standard InChI is InChI=1S/C18H20N6O3S.C16H15N3O5S.C3H9N3.ClH/c1-9-7-13(25)24(18(27)23(9)4)10-5-6-12-11(8-10)14(21-28-12)15-16(26)20-17(19-15)22(2)3;1-8-6-12(20)19(16(23)18(8)2)9-4-5-11-10(7-9)13(17-25-11)14(21)15(22)24-3;1-6(2)3(4)5;/h5-8,11-12,15H,1-4H3,(H,19,20,26);4-7,10-11H,1-3H3;1-2H3,(H3,4,5);1H. The van der Waals surface area contributed by atoms with Gasteiger partial charge in [-0.2, -0.15) is 0 Å². The van der Waals surface area contributed by atoms with Gasteiger partial charge >= 0.3 is 17.3 Å². The van der Waals surface area contributed by atoms with Gasteiger partial charge in [-0.05, 0) is 62.0 Å². The molecule has 0 aromatic carbocycles. The van der Waals surface area contributed by atoms with Crippen LogP contribution in [0.1, 0.15) is 11.4 Å². The molecule has 3 aliphatic heterocycles. The number of carbonyl (C=O) groups excluding carboxylic acids is 3. The molecule has 2 aromatic heterocycles. The quantitative estimate of drug-likeness (QED) is 0.115. The second-order valence-electron chi connectivity index (χ2n) is 14.0. The number of aromatic nitrogens is 4. The second kappa shape index (κ2) is 18.9. The normalized spacial score (nSPS) is 21.7. The van der Waals surface area contributed by atoms with Crippen LogP contribution in [0.5, 0.6) is 0 Å². The lowest BCUT2D eigenvalue weighted by atomic mass is 9.89. The first kappa shape index (κ1) is 46.7. The minimum atomic E-state index is -0.993. The Bertz CT molecular complexity index is 2600. The van der Waals surface area contributed by atoms with Crippen molar-refractivity contribution in [3.63, 3.8) is 0 Å². The van der Waals surface area contributed by atoms with E-state index in [2.05, 4.69) is 23.8 Å². The van der Waals surface area contributed by atoms with Gasteiger partial charge in [-0.25, -0.2) is 37.3 Å². The Labute approximate surface area is 358 Å². The van der Waals surface area contributed by atoms with Crippen LogP contribution in [0.4, 0.5) is 0 Å². The average molecular weight is 885 g/mol. The summed E-state index contributed by atoms with van der Waals surface area (Å²) < 4.78 is 18.0. The van der Waals surface area contributed by atoms with Crippen LogP contribution < -0.4 is 33.5 Å². The molecule has 5 aliphatic rings. The van der Waals surface area contributed by atoms with E-state index in [0.717, 1.165) is 28.2 Å². The fourth-order valence-electron chi connectivity index (χ4n) is 6.03. The number of nitrogens with zero attached hydrogens (tertiary/aromatic N) is 9. The molecule has 5 atom stereocenters. The second-order valence-corrected chi connectivity index (χ2v) is 15.9. The first-order valence-electron chi connectivity index (χ1n) is 17.8. The van der Waals surface area contributed by atoms with Crippen molar-refractivity contribution in [1.82, 2.24) is 33.4 Å². The summed E-state index contributed by atoms with van der Waals surface area (Å²) in [6.45, 7) is 3.38. The molecule has 320 valence electrons. The zero-order valence-corrected chi connectivity index (χ0v) is 36.5. The maximum absolute atomic E-state index is 12.6. The molecule has 5 unspecified atom stereocenters. The highest BCUT2D eigenvalue weighted by atomic mass is 35.5. The molecule has 5 heterocycles. The van der Waals surface area contributed by atoms with Crippen LogP contribution in [-0.4, -0.2) is 121 Å². The van der Waals surface area contributed by atoms with Gasteiger partial charge in [0.15, 0.2) is 12.0 Å². The predicted molar refractivity (Wildman–Crippen MR) is 236 cm³/mol. The van der Waals surface area contributed by atoms with E-state index >= 15 is 0 Å². The Morgan fingerprint density at radius 2 is 1.30 bits per heavy atom. The molecule has 20 nitrogen and oxygen atoms in total. The predicted octanol–water partition coefficient (Wildman–Crippen LogP) is -0.271. The number of methoxy groups -OCH3 is 1. The van der Waals surface area contributed by atoms with Gasteiger partial charge in [-0.1, -0.05) is 12.2 Å². The first-order valence-corrected chi connectivity index (χ1v) is 19.5. The third-order valence-electron chi connectivity index (χ3n) is 9.69. The molecule has 0 radical (unpaired) electrons. The number of guanidine groups is 2. The fourth-order valence-corrected chi connectivity index (χ4v) is 7.92. The van der Waals surface area contributed by atoms with Crippen molar-refractivity contribution in [1.29, 1.82) is 5.41 Å². The Balaban J connectivity index is 0.000000231. The number of ether oxygens (including phenoxy) is 1. The monoisotopic (exact) mass is 884 g/mol. The van der Waals surface area contributed by atoms with Crippen molar-refractivity contribution in [3.8, 4) is 0 Å². The van der Waals surface area contributed by atoms with Crippen molar-refractivity contribution >= 4 is 88.7 Å². The Morgan fingerprint density at radius 3 is 1.75 bits per heavy atom. The van der Waals surface area contributed by atoms with E-state index in [-0.39, 0.29) is 52.0 Å². The number of nitrogens with one attached hydrogen (secondary N) is 2. The molecular weight excluding hydrogens is 840 g/mol. The summed E-state index contributed by atoms with van der Waals surface area (Å²) in [5, 5.41) is 9.24. The number of allylic oxidation sites excluding steroid dienone is 6. The molecule has 1 amide bonds. The highest BCUT2D eigenvalue weighted by Crippen LogP contribution is 2.39. The maximum Gasteiger partial charge on any atom is 0.380 e. The summed E-state index contributed by atoms with van der Waals surface area (Å²) in [5.41, 5.74) is 5.86. The number of halogens is 1. The lowest BCUT2D eigenvalue weighted by molar-refractivity contribution is -0.148. The van der Waals surface area contributed by atoms with Gasteiger partial charge < -0.3 is 29.4 Å². The van der Waals surface area contributed by atoms with Crippen molar-refractivity contribution in [2.45, 2.75) is 30.4 Å². The third-order valence-corrected chi connectivity index (χ3v) is 11.7. The first-order chi connectivity index (χ1) is 27.8. The molecule has 23 heteroatoms. The van der Waals surface area contributed by atoms with Gasteiger partial charge in [0.1, 0.15) is 5.71 Å². The molecule has 2 aromatic rings. The zero-order valence-electron chi connectivity index (χ0n) is 34.1. The number of amides is 1. The van der Waals surface area contributed by atoms with Crippen molar-refractivity contribution in [3.05, 3.63) is 102 Å². The summed E-state index contributed by atoms with van der Waals surface area (Å²) in [6, 6.07) is 2.08. The molecular formula is C37H45ClN12O8S2. The lowest BCUT2D eigenvalue weighted by Crippen LogP contribution is -2.41. The molecule has 4 N–H and O–H groups in total. The number of aliphatic imine (C=N–C) groups is 1. The minimum absolute atomic E-state index is 0. The molecule has 0 saturated heterocycles. The van der Waals surface area contributed by atoms with Crippen molar-refractivity contribution < 1.29 is 19.1 Å². The number of ketones is 1. The van der Waals surface area contributed by atoms with Gasteiger partial charge in [0.05, 0.1) is 34.7 Å². The molecule has 7 rings (SSSR count). The van der Waals surface area contributed by atoms with Crippen LogP contribution in [0, 0.1) is 31.1 Å². The Morgan fingerprint density at radius 1 is 0.833 bits per heavy atom. The molecule has 0 saturated carbocycles. The number of aryl methyl sites for hydroxylation is 2. The summed E-state index contributed by atoms with van der Waals surface area (Å²) in [6.07, 6.45) is 10.5. The molecule has 0 fully saturated rings. The number of esters is 1. The minimum Gasteiger partial charge on any atom is -0.463 e. The summed E-state index contributed by atoms with van der Waals surface area (Å²) in [7, 11) is 11.4. The van der Waals surface area contributed by atoms with Crippen LogP contribution in [0.2, 0.25) is 0 Å². The van der Waals surface area contributed by atoms with Crippen LogP contribution >= 0.6 is 36.3 Å². The summed E-state index contributed by atoms with van der Waals surface area (Å²) in [5.74, 6) is -2.18. The van der Waals surface area contributed by atoms with E-state index in [0.29, 0.717) is 34.5 Å². The van der Waals surface area contributed by atoms with Crippen LogP contribution in [0.3, 0.4) is 0 Å². The van der Waals surface area contributed by atoms with Gasteiger partial charge in [0, 0.05) is 77.6 Å². The van der Waals surface area contributed by atoms with E-state index in [1.165, 1.54) is 38.1 Å². The molecule has 0 spiro atoms. The Kier molecular flexibility index (Phi) is 14.7. The smallest absolute Gasteiger partial charge is 0.380 e. The van der Waals surface area contributed by atoms with Crippen LogP contribution in [0.15, 0.2) is 81.6 Å². The number of carbonyl (C=O) groups is 3. The molecule has 0 bridgehead atoms. The van der Waals surface area contributed by atoms with Crippen LogP contribution in [-0.2, 0) is 33.2 Å². The number of Topliss-reactive ketones (excluding diaryl/α,β-unsaturated/α-hetero) is 1. The lowest BCUT2D eigenvalue weighted by Gasteiger charge is -2.21. The van der Waals surface area contributed by atoms with Crippen molar-refractivity contribution in [2.75, 3.05) is 35.3 Å². The van der Waals surface area contributed by atoms with Gasteiger partial charge in [-0.15, -0.1) is 12.4 Å². The number of rotatable bonds is 5. The summed E-state index contributed by atoms with van der Waals surface area (Å²) in [4.78, 5) is 93.5. The highest BCUT2D eigenvalue weighted by molar-refractivity contribution is 7.99. The van der Waals surface area contributed by atoms with Crippen LogP contribution in [0.25, 0.3) is 11.4 Å². The number of fused-ring (bicyclic) bond motifs is 2. The van der Waals surface area contributed by atoms with E-state index in [1.54, 1.807) is 85.3 Å². The molecule has 60 heavy (non-hydrogen) atoms. The SMILES string of the molecule is CN(C)C(=N)N.COC(=O)C(=O)C1=NSC2C=CC(n3c(=O)cc(C)n(C)c3=O)=CC12.Cc1cc(=O)n(C2=CC3C(C4N=C(N(C)C)NC4=O)=NSC3C=C2)c(=O)n1C.Cl. The molecule has 2 aliphatic carbocycles. The topological polar surface area (TPSA) is 254 Å². The number of nitrogens with two attached hydrogens (primary N) is 1. The fraction of sp³-hybridized carbons (Fsp3) is 0.378. The number of hydrogen-bond donors (Lipinski definition) is 3. The van der Waals surface area contributed by atoms with E-state index < -0.39 is 40.7 Å². The van der Waals surface area contributed by atoms with E-state index in [4.69, 9.17) is 11.1 Å². The number of hydrogen-bond acceptors (Lipinski definition) is 15. The maximum atomic E-state index is 12.6. The van der Waals surface area contributed by atoms with Gasteiger partial charge in [0.25, 0.3) is 22.8 Å². The average Bonchev–Trinajstić information content (AvgIpc) is 3.92. The summed E-state index contributed by atoms with van der Waals surface area (Å²) >= 11 is 2.53. The zero-order chi connectivity index (χ0) is 43.6. The van der Waals surface area contributed by atoms with Crippen molar-refractivity contribution in [2.24, 2.45) is 45.5 Å². The van der Waals surface area contributed by atoms with E-state index in [1.807, 2.05) is 12.2 Å². The van der Waals surface area contributed by atoms with E-state index in [9.17, 15) is 33.6 Å². The van der Waals surface area contributed by atoms with Gasteiger partial charge in [0.2, 0.25) is 5.96 Å².